The van der Waals surface area contributed by atoms with E-state index in [1.54, 1.807) is 0 Å². The van der Waals surface area contributed by atoms with E-state index in [-0.39, 0.29) is 17.6 Å². The topological polar surface area (TPSA) is 82.6 Å². The fraction of sp³-hybridized carbons (Fsp3) is 0.469. The highest BCUT2D eigenvalue weighted by molar-refractivity contribution is 5.77. The molecule has 1 amide bonds. The Morgan fingerprint density at radius 3 is 2.49 bits per heavy atom. The molecule has 0 radical (unpaired) electrons. The molecule has 1 unspecified atom stereocenters. The van der Waals surface area contributed by atoms with Crippen molar-refractivity contribution in [3.8, 4) is 17.2 Å². The quantitative estimate of drug-likeness (QED) is 0.334. The smallest absolute Gasteiger partial charge is 0.410 e. The summed E-state index contributed by atoms with van der Waals surface area (Å²) in [7, 11) is 0. The fourth-order valence-corrected chi connectivity index (χ4v) is 5.64. The number of ether oxygens (including phenoxy) is 1. The van der Waals surface area contributed by atoms with Gasteiger partial charge in [-0.25, -0.2) is 4.79 Å². The highest BCUT2D eigenvalue weighted by atomic mass is 16.6. The van der Waals surface area contributed by atoms with Crippen molar-refractivity contribution in [2.75, 3.05) is 18.0 Å². The summed E-state index contributed by atoms with van der Waals surface area (Å²) >= 11 is 0. The van der Waals surface area contributed by atoms with E-state index in [9.17, 15) is 10.1 Å². The Labute approximate surface area is 231 Å². The van der Waals surface area contributed by atoms with Gasteiger partial charge in [-0.2, -0.15) is 5.26 Å². The molecule has 0 bridgehead atoms. The number of nitriles is 1. The zero-order valence-corrected chi connectivity index (χ0v) is 23.9. The zero-order valence-electron chi connectivity index (χ0n) is 23.9. The fourth-order valence-electron chi connectivity index (χ4n) is 5.64. The average Bonchev–Trinajstić information content (AvgIpc) is 3.43. The van der Waals surface area contributed by atoms with Crippen LogP contribution < -0.4 is 4.90 Å². The maximum absolute atomic E-state index is 13.1. The van der Waals surface area contributed by atoms with Crippen molar-refractivity contribution in [1.29, 1.82) is 5.26 Å². The summed E-state index contributed by atoms with van der Waals surface area (Å²) in [6.07, 6.45) is 3.43. The first kappa shape index (κ1) is 26.8. The van der Waals surface area contributed by atoms with Crippen LogP contribution in [-0.2, 0) is 10.2 Å². The molecule has 2 aromatic carbocycles. The second kappa shape index (κ2) is 10.1. The number of aryl methyl sites for hydroxylation is 3. The largest absolute Gasteiger partial charge is 0.444 e. The predicted molar refractivity (Wildman–Crippen MR) is 152 cm³/mol. The molecule has 3 aromatic rings. The first-order chi connectivity index (χ1) is 18.5. The van der Waals surface area contributed by atoms with Gasteiger partial charge in [0.2, 0.25) is 0 Å². The van der Waals surface area contributed by atoms with Crippen molar-refractivity contribution >= 4 is 17.5 Å². The normalized spacial score (nSPS) is 18.1. The van der Waals surface area contributed by atoms with Crippen molar-refractivity contribution in [1.82, 2.24) is 10.1 Å². The molecule has 1 atom stereocenters. The summed E-state index contributed by atoms with van der Waals surface area (Å²) in [6, 6.07) is 17.4. The van der Waals surface area contributed by atoms with Gasteiger partial charge in [-0.3, -0.25) is 0 Å². The number of aromatic nitrogens is 1. The Kier molecular flexibility index (Phi) is 6.92. The highest BCUT2D eigenvalue weighted by Gasteiger charge is 2.44. The molecule has 39 heavy (non-hydrogen) atoms. The standard InChI is InChI=1S/C32H38N4O3/c1-21-9-10-24(29-22(2)34-39-23(29)3)18-28(21)36(26-13-11-25(12-14-26)32(20-33)15-16-32)19-27-8-7-17-35(27)30(37)38-31(4,5)6/h9-14,18,27H,7-8,15-17,19H2,1-6H3. The van der Waals surface area contributed by atoms with E-state index in [2.05, 4.69) is 65.5 Å². The van der Waals surface area contributed by atoms with Gasteiger partial charge in [0, 0.05) is 30.0 Å². The van der Waals surface area contributed by atoms with E-state index < -0.39 is 5.60 Å². The van der Waals surface area contributed by atoms with Crippen molar-refractivity contribution in [3.05, 3.63) is 65.0 Å². The summed E-state index contributed by atoms with van der Waals surface area (Å²) < 4.78 is 11.2. The van der Waals surface area contributed by atoms with E-state index in [0.717, 1.165) is 70.8 Å². The van der Waals surface area contributed by atoms with Gasteiger partial charge in [-0.1, -0.05) is 29.4 Å². The number of nitrogens with zero attached hydrogens (tertiary/aromatic N) is 4. The third-order valence-corrected chi connectivity index (χ3v) is 7.92. The molecule has 7 nitrogen and oxygen atoms in total. The van der Waals surface area contributed by atoms with Crippen LogP contribution in [0.1, 0.15) is 69.0 Å². The number of likely N-dealkylation sites (tertiary alicyclic amines) is 1. The zero-order chi connectivity index (χ0) is 27.9. The van der Waals surface area contributed by atoms with Crippen LogP contribution in [0.5, 0.6) is 0 Å². The van der Waals surface area contributed by atoms with Crippen LogP contribution in [0.15, 0.2) is 47.0 Å². The number of carbonyl (C=O) groups is 1. The van der Waals surface area contributed by atoms with Gasteiger partial charge in [0.25, 0.3) is 0 Å². The Balaban J connectivity index is 1.53. The molecule has 2 fully saturated rings. The maximum Gasteiger partial charge on any atom is 0.410 e. The van der Waals surface area contributed by atoms with Gasteiger partial charge in [0.15, 0.2) is 0 Å². The molecule has 7 heteroatoms. The minimum Gasteiger partial charge on any atom is -0.444 e. The van der Waals surface area contributed by atoms with Gasteiger partial charge in [-0.15, -0.1) is 0 Å². The highest BCUT2D eigenvalue weighted by Crippen LogP contribution is 2.48. The Bertz CT molecular complexity index is 1390. The van der Waals surface area contributed by atoms with Gasteiger partial charge in [0.05, 0.1) is 23.2 Å². The van der Waals surface area contributed by atoms with E-state index >= 15 is 0 Å². The average molecular weight is 527 g/mol. The molecule has 1 aliphatic carbocycles. The molecule has 5 rings (SSSR count). The van der Waals surface area contributed by atoms with Gasteiger partial charge < -0.3 is 19.1 Å². The number of benzene rings is 2. The minimum absolute atomic E-state index is 0.00975. The van der Waals surface area contributed by atoms with Crippen LogP contribution in [0.25, 0.3) is 11.1 Å². The number of carbonyl (C=O) groups excluding carboxylic acids is 1. The van der Waals surface area contributed by atoms with Gasteiger partial charge >= 0.3 is 6.09 Å². The SMILES string of the molecule is Cc1ccc(-c2c(C)noc2C)cc1N(CC1CCCN1C(=O)OC(C)(C)C)c1ccc(C2(C#N)CC2)cc1. The van der Waals surface area contributed by atoms with Crippen LogP contribution in [-0.4, -0.2) is 40.9 Å². The van der Waals surface area contributed by atoms with Gasteiger partial charge in [-0.05, 0) is 102 Å². The van der Waals surface area contributed by atoms with Crippen molar-refractivity contribution in [2.24, 2.45) is 0 Å². The summed E-state index contributed by atoms with van der Waals surface area (Å²) in [4.78, 5) is 17.3. The van der Waals surface area contributed by atoms with E-state index in [1.165, 1.54) is 0 Å². The Hall–Kier alpha value is -3.79. The molecule has 1 aromatic heterocycles. The van der Waals surface area contributed by atoms with Crippen LogP contribution in [0.2, 0.25) is 0 Å². The molecule has 1 aliphatic heterocycles. The lowest BCUT2D eigenvalue weighted by Crippen LogP contribution is -2.44. The predicted octanol–water partition coefficient (Wildman–Crippen LogP) is 7.36. The molecule has 2 heterocycles. The number of anilines is 2. The van der Waals surface area contributed by atoms with Gasteiger partial charge in [0.1, 0.15) is 11.4 Å². The molecule has 0 N–H and O–H groups in total. The second-order valence-corrected chi connectivity index (χ2v) is 12.0. The molecule has 1 saturated carbocycles. The number of rotatable bonds is 6. The van der Waals surface area contributed by atoms with E-state index in [0.29, 0.717) is 13.1 Å². The van der Waals surface area contributed by atoms with E-state index in [1.807, 2.05) is 39.5 Å². The number of hydrogen-bond donors (Lipinski definition) is 0. The van der Waals surface area contributed by atoms with E-state index in [4.69, 9.17) is 9.26 Å². The summed E-state index contributed by atoms with van der Waals surface area (Å²) in [6.45, 7) is 13.0. The maximum atomic E-state index is 13.1. The number of amides is 1. The first-order valence-corrected chi connectivity index (χ1v) is 13.8. The van der Waals surface area contributed by atoms with Crippen LogP contribution in [0.3, 0.4) is 0 Å². The lowest BCUT2D eigenvalue weighted by Gasteiger charge is -2.34. The summed E-state index contributed by atoms with van der Waals surface area (Å²) in [5.74, 6) is 0.788. The number of hydrogen-bond acceptors (Lipinski definition) is 6. The second-order valence-electron chi connectivity index (χ2n) is 12.0. The Morgan fingerprint density at radius 2 is 1.90 bits per heavy atom. The monoisotopic (exact) mass is 526 g/mol. The molecule has 2 aliphatic rings. The molecule has 0 spiro atoms. The Morgan fingerprint density at radius 1 is 1.18 bits per heavy atom. The van der Waals surface area contributed by atoms with Crippen LogP contribution in [0, 0.1) is 32.1 Å². The molecule has 204 valence electrons. The van der Waals surface area contributed by atoms with Crippen molar-refractivity contribution in [2.45, 2.75) is 84.3 Å². The molecular weight excluding hydrogens is 488 g/mol. The van der Waals surface area contributed by atoms with Crippen molar-refractivity contribution < 1.29 is 14.1 Å². The molecule has 1 saturated heterocycles. The first-order valence-electron chi connectivity index (χ1n) is 13.8. The minimum atomic E-state index is -0.543. The summed E-state index contributed by atoms with van der Waals surface area (Å²) in [5, 5.41) is 13.9. The lowest BCUT2D eigenvalue weighted by molar-refractivity contribution is 0.0232. The van der Waals surface area contributed by atoms with Crippen LogP contribution >= 0.6 is 0 Å². The van der Waals surface area contributed by atoms with Crippen molar-refractivity contribution in [3.63, 3.8) is 0 Å². The lowest BCUT2D eigenvalue weighted by atomic mass is 9.97. The third-order valence-electron chi connectivity index (χ3n) is 7.92. The third kappa shape index (κ3) is 5.38. The summed E-state index contributed by atoms with van der Waals surface area (Å²) in [5.41, 5.74) is 6.34. The molecular formula is C32H38N4O3. The van der Waals surface area contributed by atoms with Crippen LogP contribution in [0.4, 0.5) is 16.2 Å².